The Morgan fingerprint density at radius 1 is 1.23 bits per heavy atom. The van der Waals surface area contributed by atoms with Crippen molar-refractivity contribution < 1.29 is 13.3 Å². The highest BCUT2D eigenvalue weighted by Gasteiger charge is 2.38. The number of nitro benzene ring substituents is 1. The summed E-state index contributed by atoms with van der Waals surface area (Å²) in [6, 6.07) is 6.99. The Labute approximate surface area is 132 Å². The van der Waals surface area contributed by atoms with Gasteiger partial charge in [-0.3, -0.25) is 10.1 Å². The first kappa shape index (κ1) is 15.1. The van der Waals surface area contributed by atoms with Gasteiger partial charge < -0.3 is 0 Å². The van der Waals surface area contributed by atoms with Gasteiger partial charge in [0.05, 0.1) is 9.82 Å². The third-order valence-corrected chi connectivity index (χ3v) is 6.17. The van der Waals surface area contributed by atoms with Crippen molar-refractivity contribution in [2.75, 3.05) is 0 Å². The first-order valence-electron chi connectivity index (χ1n) is 6.76. The van der Waals surface area contributed by atoms with Crippen LogP contribution in [-0.4, -0.2) is 23.7 Å². The van der Waals surface area contributed by atoms with Crippen LogP contribution in [-0.2, 0) is 16.6 Å². The number of nitrogens with zero attached hydrogens (tertiary/aromatic N) is 2. The van der Waals surface area contributed by atoms with Crippen LogP contribution in [0.1, 0.15) is 18.4 Å². The average Bonchev–Trinajstić information content (AvgIpc) is 3.20. The molecule has 0 N–H and O–H groups in total. The smallest absolute Gasteiger partial charge is 0.258 e. The van der Waals surface area contributed by atoms with Gasteiger partial charge in [-0.2, -0.15) is 15.6 Å². The number of sulfonamides is 1. The first-order chi connectivity index (χ1) is 10.5. The number of benzene rings is 1. The van der Waals surface area contributed by atoms with E-state index in [1.54, 1.807) is 0 Å². The molecular weight excluding hydrogens is 324 g/mol. The van der Waals surface area contributed by atoms with Gasteiger partial charge in [-0.25, -0.2) is 8.42 Å². The Kier molecular flexibility index (Phi) is 3.98. The van der Waals surface area contributed by atoms with E-state index in [4.69, 9.17) is 0 Å². The summed E-state index contributed by atoms with van der Waals surface area (Å²) in [6.07, 6.45) is 1.71. The van der Waals surface area contributed by atoms with Gasteiger partial charge in [0, 0.05) is 24.7 Å². The molecule has 0 bridgehead atoms. The summed E-state index contributed by atoms with van der Waals surface area (Å²) < 4.78 is 27.1. The number of hydrogen-bond acceptors (Lipinski definition) is 5. The molecule has 1 aromatic carbocycles. The normalized spacial score (nSPS) is 15.1. The Hall–Kier alpha value is -1.77. The fourth-order valence-corrected chi connectivity index (χ4v) is 4.54. The molecule has 0 radical (unpaired) electrons. The molecule has 6 nitrogen and oxygen atoms in total. The van der Waals surface area contributed by atoms with E-state index in [1.807, 2.05) is 16.8 Å². The fourth-order valence-electron chi connectivity index (χ4n) is 2.21. The molecule has 1 aliphatic carbocycles. The molecular formula is C14H14N2O4S2. The third kappa shape index (κ3) is 3.03. The molecule has 1 fully saturated rings. The summed E-state index contributed by atoms with van der Waals surface area (Å²) >= 11 is 1.53. The zero-order chi connectivity index (χ0) is 15.7. The quantitative estimate of drug-likeness (QED) is 0.599. The third-order valence-electron chi connectivity index (χ3n) is 3.53. The van der Waals surface area contributed by atoms with Gasteiger partial charge in [0.1, 0.15) is 0 Å². The van der Waals surface area contributed by atoms with Gasteiger partial charge in [-0.1, -0.05) is 0 Å². The standard InChI is InChI=1S/C14H14N2O4S2/c17-16(18)13-3-5-14(6-4-13)22(19,20)15(12-1-2-12)9-11-7-8-21-10-11/h3-8,10,12H,1-2,9H2. The molecule has 3 rings (SSSR count). The molecule has 1 heterocycles. The molecule has 0 saturated heterocycles. The lowest BCUT2D eigenvalue weighted by Gasteiger charge is -2.21. The van der Waals surface area contributed by atoms with E-state index in [2.05, 4.69) is 0 Å². The van der Waals surface area contributed by atoms with Crippen LogP contribution in [0.4, 0.5) is 5.69 Å². The topological polar surface area (TPSA) is 80.5 Å². The maximum Gasteiger partial charge on any atom is 0.269 e. The second kappa shape index (κ2) is 5.79. The van der Waals surface area contributed by atoms with Gasteiger partial charge in [0.25, 0.3) is 5.69 Å². The largest absolute Gasteiger partial charge is 0.269 e. The van der Waals surface area contributed by atoms with Crippen LogP contribution in [0.5, 0.6) is 0 Å². The minimum Gasteiger partial charge on any atom is -0.258 e. The second-order valence-electron chi connectivity index (χ2n) is 5.16. The van der Waals surface area contributed by atoms with E-state index < -0.39 is 14.9 Å². The molecule has 0 amide bonds. The lowest BCUT2D eigenvalue weighted by Crippen LogP contribution is -2.32. The van der Waals surface area contributed by atoms with E-state index in [-0.39, 0.29) is 16.6 Å². The molecule has 1 saturated carbocycles. The van der Waals surface area contributed by atoms with Gasteiger partial charge in [-0.15, -0.1) is 0 Å². The first-order valence-corrected chi connectivity index (χ1v) is 9.14. The minimum absolute atomic E-state index is 0.0279. The highest BCUT2D eigenvalue weighted by Crippen LogP contribution is 2.34. The Morgan fingerprint density at radius 2 is 1.91 bits per heavy atom. The van der Waals surface area contributed by atoms with Crippen LogP contribution >= 0.6 is 11.3 Å². The summed E-state index contributed by atoms with van der Waals surface area (Å²) in [7, 11) is -3.64. The van der Waals surface area contributed by atoms with Crippen LogP contribution in [0.15, 0.2) is 46.0 Å². The van der Waals surface area contributed by atoms with Crippen molar-refractivity contribution in [1.82, 2.24) is 4.31 Å². The molecule has 8 heteroatoms. The van der Waals surface area contributed by atoms with Crippen LogP contribution in [0.25, 0.3) is 0 Å². The summed E-state index contributed by atoms with van der Waals surface area (Å²) in [6.45, 7) is 0.341. The number of hydrogen-bond donors (Lipinski definition) is 0. The van der Waals surface area contributed by atoms with E-state index >= 15 is 0 Å². The van der Waals surface area contributed by atoms with Crippen LogP contribution < -0.4 is 0 Å². The number of thiophene rings is 1. The summed E-state index contributed by atoms with van der Waals surface area (Å²) in [5, 5.41) is 14.5. The molecule has 0 atom stereocenters. The fraction of sp³-hybridized carbons (Fsp3) is 0.286. The molecule has 0 aliphatic heterocycles. The van der Waals surface area contributed by atoms with E-state index in [0.29, 0.717) is 6.54 Å². The summed E-state index contributed by atoms with van der Waals surface area (Å²) in [5.41, 5.74) is 0.845. The highest BCUT2D eigenvalue weighted by molar-refractivity contribution is 7.89. The molecule has 0 spiro atoms. The van der Waals surface area contributed by atoms with E-state index in [0.717, 1.165) is 18.4 Å². The molecule has 0 unspecified atom stereocenters. The Morgan fingerprint density at radius 3 is 2.41 bits per heavy atom. The van der Waals surface area contributed by atoms with Crippen molar-refractivity contribution in [3.63, 3.8) is 0 Å². The van der Waals surface area contributed by atoms with Crippen molar-refractivity contribution in [3.8, 4) is 0 Å². The zero-order valence-electron chi connectivity index (χ0n) is 11.6. The van der Waals surface area contributed by atoms with Crippen molar-refractivity contribution in [1.29, 1.82) is 0 Å². The maximum atomic E-state index is 12.8. The highest BCUT2D eigenvalue weighted by atomic mass is 32.2. The Balaban J connectivity index is 1.90. The second-order valence-corrected chi connectivity index (χ2v) is 7.83. The van der Waals surface area contributed by atoms with Crippen molar-refractivity contribution in [2.24, 2.45) is 0 Å². The van der Waals surface area contributed by atoms with E-state index in [9.17, 15) is 18.5 Å². The number of rotatable bonds is 6. The zero-order valence-corrected chi connectivity index (χ0v) is 13.2. The molecule has 2 aromatic rings. The Bertz CT molecular complexity index is 766. The predicted molar refractivity (Wildman–Crippen MR) is 83.2 cm³/mol. The van der Waals surface area contributed by atoms with Gasteiger partial charge in [0.2, 0.25) is 10.0 Å². The molecule has 1 aliphatic rings. The lowest BCUT2D eigenvalue weighted by molar-refractivity contribution is -0.384. The average molecular weight is 338 g/mol. The lowest BCUT2D eigenvalue weighted by atomic mass is 10.3. The summed E-state index contributed by atoms with van der Waals surface area (Å²) in [5.74, 6) is 0. The van der Waals surface area contributed by atoms with Crippen LogP contribution in [0, 0.1) is 10.1 Å². The van der Waals surface area contributed by atoms with E-state index in [1.165, 1.54) is 39.9 Å². The van der Waals surface area contributed by atoms with Gasteiger partial charge >= 0.3 is 0 Å². The molecule has 1 aromatic heterocycles. The van der Waals surface area contributed by atoms with Crippen molar-refractivity contribution in [3.05, 3.63) is 56.8 Å². The molecule has 22 heavy (non-hydrogen) atoms. The van der Waals surface area contributed by atoms with Crippen LogP contribution in [0.2, 0.25) is 0 Å². The minimum atomic E-state index is -3.64. The van der Waals surface area contributed by atoms with Gasteiger partial charge in [-0.05, 0) is 47.4 Å². The molecule has 116 valence electrons. The SMILES string of the molecule is O=[N+]([O-])c1ccc(S(=O)(=O)N(Cc2ccsc2)C2CC2)cc1. The van der Waals surface area contributed by atoms with Gasteiger partial charge in [0.15, 0.2) is 0 Å². The van der Waals surface area contributed by atoms with Crippen LogP contribution in [0.3, 0.4) is 0 Å². The monoisotopic (exact) mass is 338 g/mol. The predicted octanol–water partition coefficient (Wildman–Crippen LogP) is 3.01. The van der Waals surface area contributed by atoms with Crippen molar-refractivity contribution >= 4 is 27.0 Å². The van der Waals surface area contributed by atoms with Crippen molar-refractivity contribution in [2.45, 2.75) is 30.3 Å². The summed E-state index contributed by atoms with van der Waals surface area (Å²) in [4.78, 5) is 10.2. The maximum absolute atomic E-state index is 12.8. The number of nitro groups is 1. The number of non-ortho nitro benzene ring substituents is 1.